The van der Waals surface area contributed by atoms with E-state index in [0.717, 1.165) is 16.7 Å². The molecule has 4 nitrogen and oxygen atoms in total. The average Bonchev–Trinajstić information content (AvgIpc) is 2.65. The summed E-state index contributed by atoms with van der Waals surface area (Å²) in [7, 11) is -4.23. The molecule has 0 unspecified atom stereocenters. The third-order valence-electron chi connectivity index (χ3n) is 4.41. The van der Waals surface area contributed by atoms with Crippen LogP contribution in [0.4, 0.5) is 0 Å². The highest BCUT2D eigenvalue weighted by atomic mass is 32.2. The van der Waals surface area contributed by atoms with Gasteiger partial charge in [-0.05, 0) is 35.4 Å². The van der Waals surface area contributed by atoms with Crippen LogP contribution in [0.3, 0.4) is 0 Å². The molecule has 1 N–H and O–H groups in total. The molecule has 128 valence electrons. The SMILES string of the molecule is O=C1c2ccccc2C(=S)c2cc(-c3ccc(S(=O)(=O)O)cc3)ccc21. The molecule has 4 rings (SSSR count). The lowest BCUT2D eigenvalue weighted by molar-refractivity contribution is 0.103. The van der Waals surface area contributed by atoms with Crippen LogP contribution in [0.5, 0.6) is 0 Å². The van der Waals surface area contributed by atoms with E-state index in [1.165, 1.54) is 12.1 Å². The molecule has 0 radical (unpaired) electrons. The molecule has 0 bridgehead atoms. The zero-order valence-electron chi connectivity index (χ0n) is 13.3. The molecule has 0 aromatic heterocycles. The van der Waals surface area contributed by atoms with Crippen LogP contribution in [0.25, 0.3) is 11.1 Å². The van der Waals surface area contributed by atoms with E-state index in [0.29, 0.717) is 21.6 Å². The van der Waals surface area contributed by atoms with Gasteiger partial charge in [-0.1, -0.05) is 54.7 Å². The molecule has 1 aliphatic rings. The van der Waals surface area contributed by atoms with E-state index < -0.39 is 10.1 Å². The van der Waals surface area contributed by atoms with E-state index in [1.54, 1.807) is 30.3 Å². The zero-order chi connectivity index (χ0) is 18.5. The average molecular weight is 380 g/mol. The lowest BCUT2D eigenvalue weighted by Crippen LogP contribution is -2.20. The van der Waals surface area contributed by atoms with Gasteiger partial charge in [0.25, 0.3) is 10.1 Å². The Kier molecular flexibility index (Phi) is 3.84. The molecule has 3 aromatic carbocycles. The minimum absolute atomic E-state index is 0.0579. The number of benzene rings is 3. The minimum atomic E-state index is -4.23. The van der Waals surface area contributed by atoms with Crippen LogP contribution in [0.1, 0.15) is 27.0 Å². The van der Waals surface area contributed by atoms with Gasteiger partial charge in [0.1, 0.15) is 0 Å². The molecule has 0 saturated heterocycles. The third kappa shape index (κ3) is 2.68. The molecule has 0 heterocycles. The van der Waals surface area contributed by atoms with Gasteiger partial charge < -0.3 is 0 Å². The van der Waals surface area contributed by atoms with Crippen molar-refractivity contribution in [3.05, 3.63) is 89.0 Å². The van der Waals surface area contributed by atoms with Gasteiger partial charge in [-0.25, -0.2) is 0 Å². The van der Waals surface area contributed by atoms with Gasteiger partial charge in [-0.15, -0.1) is 0 Å². The molecule has 0 saturated carbocycles. The maximum atomic E-state index is 12.7. The summed E-state index contributed by atoms with van der Waals surface area (Å²) in [5.74, 6) is -0.0579. The van der Waals surface area contributed by atoms with Crippen LogP contribution < -0.4 is 0 Å². The second kappa shape index (κ2) is 5.95. The van der Waals surface area contributed by atoms with Gasteiger partial charge in [0, 0.05) is 22.3 Å². The van der Waals surface area contributed by atoms with Gasteiger partial charge >= 0.3 is 0 Å². The Morgan fingerprint density at radius 2 is 1.31 bits per heavy atom. The van der Waals surface area contributed by atoms with Crippen LogP contribution in [-0.4, -0.2) is 23.6 Å². The predicted octanol–water partition coefficient (Wildman–Crippen LogP) is 3.91. The Hall–Kier alpha value is -2.67. The first kappa shape index (κ1) is 16.8. The van der Waals surface area contributed by atoms with E-state index in [4.69, 9.17) is 16.8 Å². The largest absolute Gasteiger partial charge is 0.294 e. The number of thiocarbonyl (C=S) groups is 1. The number of fused-ring (bicyclic) bond motifs is 2. The quantitative estimate of drug-likeness (QED) is 0.422. The summed E-state index contributed by atoms with van der Waals surface area (Å²) in [6, 6.07) is 18.5. The summed E-state index contributed by atoms with van der Waals surface area (Å²) < 4.78 is 31.4. The van der Waals surface area contributed by atoms with E-state index in [9.17, 15) is 13.2 Å². The third-order valence-corrected chi connectivity index (χ3v) is 5.72. The molecule has 0 aliphatic heterocycles. The Bertz CT molecular complexity index is 1180. The highest BCUT2D eigenvalue weighted by molar-refractivity contribution is 7.85. The molecule has 0 spiro atoms. The minimum Gasteiger partial charge on any atom is -0.289 e. The van der Waals surface area contributed by atoms with Crippen LogP contribution in [0.15, 0.2) is 71.6 Å². The van der Waals surface area contributed by atoms with Crippen molar-refractivity contribution in [2.45, 2.75) is 4.90 Å². The Morgan fingerprint density at radius 3 is 1.96 bits per heavy atom. The fourth-order valence-electron chi connectivity index (χ4n) is 3.10. The summed E-state index contributed by atoms with van der Waals surface area (Å²) in [6.07, 6.45) is 0. The van der Waals surface area contributed by atoms with Crippen molar-refractivity contribution in [1.29, 1.82) is 0 Å². The van der Waals surface area contributed by atoms with Crippen LogP contribution in [0.2, 0.25) is 0 Å². The highest BCUT2D eigenvalue weighted by Gasteiger charge is 2.26. The first-order chi connectivity index (χ1) is 12.4. The fourth-order valence-corrected chi connectivity index (χ4v) is 3.93. The molecule has 6 heteroatoms. The van der Waals surface area contributed by atoms with Gasteiger partial charge in [0.05, 0.1) is 9.76 Å². The van der Waals surface area contributed by atoms with Crippen molar-refractivity contribution in [1.82, 2.24) is 0 Å². The number of carbonyl (C=O) groups is 1. The molecule has 3 aromatic rings. The lowest BCUT2D eigenvalue weighted by atomic mass is 9.83. The number of hydrogen-bond donors (Lipinski definition) is 1. The van der Waals surface area contributed by atoms with Gasteiger partial charge in [0.15, 0.2) is 5.78 Å². The van der Waals surface area contributed by atoms with Gasteiger partial charge in [-0.2, -0.15) is 8.42 Å². The number of rotatable bonds is 2. The monoisotopic (exact) mass is 380 g/mol. The molecule has 0 fully saturated rings. The summed E-state index contributed by atoms with van der Waals surface area (Å²) in [4.78, 5) is 13.2. The van der Waals surface area contributed by atoms with Crippen molar-refractivity contribution in [3.63, 3.8) is 0 Å². The predicted molar refractivity (Wildman–Crippen MR) is 102 cm³/mol. The maximum absolute atomic E-state index is 12.7. The van der Waals surface area contributed by atoms with E-state index in [2.05, 4.69) is 0 Å². The van der Waals surface area contributed by atoms with Crippen LogP contribution in [0, 0.1) is 0 Å². The maximum Gasteiger partial charge on any atom is 0.294 e. The fraction of sp³-hybridized carbons (Fsp3) is 0. The number of ketones is 1. The second-order valence-corrected chi connectivity index (χ2v) is 7.79. The first-order valence-electron chi connectivity index (χ1n) is 7.77. The van der Waals surface area contributed by atoms with Crippen LogP contribution in [-0.2, 0) is 10.1 Å². The summed E-state index contributed by atoms with van der Waals surface area (Å²) in [6.45, 7) is 0. The van der Waals surface area contributed by atoms with Crippen molar-refractivity contribution >= 4 is 33.0 Å². The molecule has 26 heavy (non-hydrogen) atoms. The molecule has 0 amide bonds. The van der Waals surface area contributed by atoms with Gasteiger partial charge in [-0.3, -0.25) is 9.35 Å². The summed E-state index contributed by atoms with van der Waals surface area (Å²) >= 11 is 5.58. The highest BCUT2D eigenvalue weighted by Crippen LogP contribution is 2.31. The number of hydrogen-bond acceptors (Lipinski definition) is 4. The Balaban J connectivity index is 1.81. The van der Waals surface area contributed by atoms with Crippen molar-refractivity contribution < 1.29 is 17.8 Å². The van der Waals surface area contributed by atoms with Crippen molar-refractivity contribution in [2.24, 2.45) is 0 Å². The lowest BCUT2D eigenvalue weighted by Gasteiger charge is -2.20. The first-order valence-corrected chi connectivity index (χ1v) is 9.61. The van der Waals surface area contributed by atoms with Crippen molar-refractivity contribution in [2.75, 3.05) is 0 Å². The Morgan fingerprint density at radius 1 is 0.731 bits per heavy atom. The van der Waals surface area contributed by atoms with Crippen LogP contribution >= 0.6 is 12.2 Å². The standard InChI is InChI=1S/C20H12O4S2/c21-19-15-3-1-2-4-17(15)20(25)18-11-13(7-10-16(18)19)12-5-8-14(9-6-12)26(22,23)24/h1-11H,(H,22,23,24). The van der Waals surface area contributed by atoms with E-state index in [1.807, 2.05) is 24.3 Å². The smallest absolute Gasteiger partial charge is 0.289 e. The Labute approximate surface area is 155 Å². The molecule has 1 aliphatic carbocycles. The number of carbonyl (C=O) groups excluding carboxylic acids is 1. The summed E-state index contributed by atoms with van der Waals surface area (Å²) in [5, 5.41) is 0. The second-order valence-electron chi connectivity index (χ2n) is 5.96. The van der Waals surface area contributed by atoms with E-state index >= 15 is 0 Å². The van der Waals surface area contributed by atoms with E-state index in [-0.39, 0.29) is 10.7 Å². The van der Waals surface area contributed by atoms with Gasteiger partial charge in [0.2, 0.25) is 0 Å². The zero-order valence-corrected chi connectivity index (χ0v) is 15.0. The van der Waals surface area contributed by atoms with Crippen molar-refractivity contribution in [3.8, 4) is 11.1 Å². The summed E-state index contributed by atoms with van der Waals surface area (Å²) in [5.41, 5.74) is 4.18. The normalized spacial score (nSPS) is 13.3. The molecular formula is C20H12O4S2. The molecular weight excluding hydrogens is 368 g/mol. The molecule has 0 atom stereocenters. The topological polar surface area (TPSA) is 71.4 Å².